The minimum atomic E-state index is -0.779. The van der Waals surface area contributed by atoms with Gasteiger partial charge in [-0.3, -0.25) is 14.2 Å². The van der Waals surface area contributed by atoms with Gasteiger partial charge in [0.05, 0.1) is 16.4 Å². The Hall–Kier alpha value is -2.61. The number of rotatable bonds is 5. The number of nitrogens with zero attached hydrogens (tertiary/aromatic N) is 1. The number of amides is 2. The molecule has 1 aromatic heterocycles. The Balaban J connectivity index is 1.70. The standard InChI is InChI=1S/C16H20N4O4/c17-14(22)16(5-7-24-8-6-16)10-18-13(21)9-20-12-4-2-1-3-11(12)19-15(20)23/h1-4H,5-10H2,(H2,17,22)(H,18,21)(H,19,23). The number of H-pyrrole nitrogens is 1. The summed E-state index contributed by atoms with van der Waals surface area (Å²) in [5, 5.41) is 2.74. The number of hydrogen-bond acceptors (Lipinski definition) is 4. The second-order valence-corrected chi connectivity index (χ2v) is 6.07. The first-order chi connectivity index (χ1) is 11.5. The Kier molecular flexibility index (Phi) is 4.39. The smallest absolute Gasteiger partial charge is 0.326 e. The Morgan fingerprint density at radius 3 is 2.71 bits per heavy atom. The molecule has 0 unspecified atom stereocenters. The first-order valence-corrected chi connectivity index (χ1v) is 7.84. The number of aromatic nitrogens is 2. The lowest BCUT2D eigenvalue weighted by Gasteiger charge is -2.34. The van der Waals surface area contributed by atoms with Crippen molar-refractivity contribution in [2.75, 3.05) is 19.8 Å². The van der Waals surface area contributed by atoms with E-state index in [0.29, 0.717) is 37.1 Å². The second-order valence-electron chi connectivity index (χ2n) is 6.07. The average Bonchev–Trinajstić information content (AvgIpc) is 2.89. The zero-order valence-corrected chi connectivity index (χ0v) is 13.2. The molecular weight excluding hydrogens is 312 g/mol. The third-order valence-corrected chi connectivity index (χ3v) is 4.58. The lowest BCUT2D eigenvalue weighted by Crippen LogP contribution is -2.50. The van der Waals surface area contributed by atoms with E-state index in [1.807, 2.05) is 6.07 Å². The van der Waals surface area contributed by atoms with Crippen molar-refractivity contribution >= 4 is 22.8 Å². The van der Waals surface area contributed by atoms with Crippen LogP contribution in [0.2, 0.25) is 0 Å². The number of ether oxygens (including phenoxy) is 1. The minimum Gasteiger partial charge on any atom is -0.381 e. The van der Waals surface area contributed by atoms with Crippen LogP contribution < -0.4 is 16.7 Å². The SMILES string of the molecule is NC(=O)C1(CNC(=O)Cn2c(=O)[nH]c3ccccc32)CCOCC1. The molecule has 24 heavy (non-hydrogen) atoms. The van der Waals surface area contributed by atoms with E-state index in [9.17, 15) is 14.4 Å². The topological polar surface area (TPSA) is 119 Å². The molecule has 8 nitrogen and oxygen atoms in total. The van der Waals surface area contributed by atoms with Crippen LogP contribution in [0, 0.1) is 5.41 Å². The normalized spacial score (nSPS) is 16.8. The predicted molar refractivity (Wildman–Crippen MR) is 87.2 cm³/mol. The molecule has 0 aliphatic carbocycles. The summed E-state index contributed by atoms with van der Waals surface area (Å²) < 4.78 is 6.63. The summed E-state index contributed by atoms with van der Waals surface area (Å²) >= 11 is 0. The number of imidazole rings is 1. The van der Waals surface area contributed by atoms with Gasteiger partial charge in [-0.05, 0) is 25.0 Å². The monoisotopic (exact) mass is 332 g/mol. The molecule has 0 bridgehead atoms. The molecule has 2 aromatic rings. The van der Waals surface area contributed by atoms with Gasteiger partial charge in [0, 0.05) is 19.8 Å². The van der Waals surface area contributed by atoms with Crippen LogP contribution >= 0.6 is 0 Å². The summed E-state index contributed by atoms with van der Waals surface area (Å²) in [6, 6.07) is 7.15. The molecule has 1 aliphatic rings. The highest BCUT2D eigenvalue weighted by molar-refractivity contribution is 5.83. The zero-order valence-electron chi connectivity index (χ0n) is 13.2. The highest BCUT2D eigenvalue weighted by Crippen LogP contribution is 2.29. The number of carbonyl (C=O) groups excluding carboxylic acids is 2. The fourth-order valence-corrected chi connectivity index (χ4v) is 3.00. The predicted octanol–water partition coefficient (Wildman–Crippen LogP) is -0.272. The molecule has 128 valence electrons. The van der Waals surface area contributed by atoms with E-state index in [-0.39, 0.29) is 24.7 Å². The molecule has 0 radical (unpaired) electrons. The van der Waals surface area contributed by atoms with Crippen molar-refractivity contribution in [2.24, 2.45) is 11.1 Å². The number of primary amides is 1. The van der Waals surface area contributed by atoms with E-state index in [1.165, 1.54) is 4.57 Å². The van der Waals surface area contributed by atoms with Gasteiger partial charge in [0.2, 0.25) is 11.8 Å². The summed E-state index contributed by atoms with van der Waals surface area (Å²) in [5.74, 6) is -0.774. The summed E-state index contributed by atoms with van der Waals surface area (Å²) in [7, 11) is 0. The number of hydrogen-bond donors (Lipinski definition) is 3. The second kappa shape index (κ2) is 6.48. The maximum absolute atomic E-state index is 12.2. The van der Waals surface area contributed by atoms with E-state index in [4.69, 9.17) is 10.5 Å². The Labute approximate surface area is 138 Å². The zero-order chi connectivity index (χ0) is 17.2. The molecule has 1 aliphatic heterocycles. The van der Waals surface area contributed by atoms with Crippen LogP contribution in [0.15, 0.2) is 29.1 Å². The molecule has 0 saturated carbocycles. The first-order valence-electron chi connectivity index (χ1n) is 7.84. The van der Waals surface area contributed by atoms with Crippen molar-refractivity contribution in [2.45, 2.75) is 19.4 Å². The first kappa shape index (κ1) is 16.3. The summed E-state index contributed by atoms with van der Waals surface area (Å²) in [6.07, 6.45) is 0.964. The molecule has 8 heteroatoms. The quantitative estimate of drug-likeness (QED) is 0.698. The lowest BCUT2D eigenvalue weighted by atomic mass is 9.79. The molecule has 3 rings (SSSR count). The van der Waals surface area contributed by atoms with Crippen molar-refractivity contribution in [1.29, 1.82) is 0 Å². The molecule has 2 heterocycles. The molecule has 0 atom stereocenters. The van der Waals surface area contributed by atoms with Crippen molar-refractivity contribution in [3.63, 3.8) is 0 Å². The van der Waals surface area contributed by atoms with Crippen molar-refractivity contribution in [3.8, 4) is 0 Å². The van der Waals surface area contributed by atoms with Crippen LogP contribution in [0.3, 0.4) is 0 Å². The van der Waals surface area contributed by atoms with Gasteiger partial charge in [-0.15, -0.1) is 0 Å². The van der Waals surface area contributed by atoms with E-state index in [1.54, 1.807) is 18.2 Å². The van der Waals surface area contributed by atoms with Gasteiger partial charge in [0.15, 0.2) is 0 Å². The molecule has 2 amide bonds. The largest absolute Gasteiger partial charge is 0.381 e. The number of benzene rings is 1. The number of nitrogens with two attached hydrogens (primary N) is 1. The highest BCUT2D eigenvalue weighted by atomic mass is 16.5. The lowest BCUT2D eigenvalue weighted by molar-refractivity contribution is -0.134. The number of nitrogens with one attached hydrogen (secondary N) is 2. The summed E-state index contributed by atoms with van der Waals surface area (Å²) in [5.41, 5.74) is 5.73. The van der Waals surface area contributed by atoms with E-state index >= 15 is 0 Å². The molecule has 1 saturated heterocycles. The fraction of sp³-hybridized carbons (Fsp3) is 0.438. The van der Waals surface area contributed by atoms with Gasteiger partial charge in [-0.2, -0.15) is 0 Å². The third kappa shape index (κ3) is 3.05. The number of aromatic amines is 1. The van der Waals surface area contributed by atoms with Crippen molar-refractivity contribution < 1.29 is 14.3 Å². The molecule has 1 fully saturated rings. The van der Waals surface area contributed by atoms with Gasteiger partial charge in [0.25, 0.3) is 0 Å². The average molecular weight is 332 g/mol. The van der Waals surface area contributed by atoms with Crippen molar-refractivity contribution in [3.05, 3.63) is 34.7 Å². The number of carbonyl (C=O) groups is 2. The van der Waals surface area contributed by atoms with Crippen LogP contribution in [0.1, 0.15) is 12.8 Å². The molecule has 4 N–H and O–H groups in total. The Morgan fingerprint density at radius 1 is 1.29 bits per heavy atom. The third-order valence-electron chi connectivity index (χ3n) is 4.58. The van der Waals surface area contributed by atoms with Gasteiger partial charge >= 0.3 is 5.69 Å². The van der Waals surface area contributed by atoms with E-state index < -0.39 is 11.3 Å². The van der Waals surface area contributed by atoms with Gasteiger partial charge in [0.1, 0.15) is 6.54 Å². The van der Waals surface area contributed by atoms with Gasteiger partial charge in [-0.1, -0.05) is 12.1 Å². The van der Waals surface area contributed by atoms with E-state index in [2.05, 4.69) is 10.3 Å². The van der Waals surface area contributed by atoms with E-state index in [0.717, 1.165) is 0 Å². The fourth-order valence-electron chi connectivity index (χ4n) is 3.00. The van der Waals surface area contributed by atoms with Crippen LogP contribution in [0.4, 0.5) is 0 Å². The minimum absolute atomic E-state index is 0.117. The maximum atomic E-state index is 12.2. The molecule has 1 aromatic carbocycles. The van der Waals surface area contributed by atoms with Gasteiger partial charge < -0.3 is 20.8 Å². The van der Waals surface area contributed by atoms with Crippen LogP contribution in [0.25, 0.3) is 11.0 Å². The van der Waals surface area contributed by atoms with Crippen LogP contribution in [0.5, 0.6) is 0 Å². The molecule has 0 spiro atoms. The summed E-state index contributed by atoms with van der Waals surface area (Å²) in [6.45, 7) is 0.928. The Morgan fingerprint density at radius 2 is 2.00 bits per heavy atom. The maximum Gasteiger partial charge on any atom is 0.326 e. The molecular formula is C16H20N4O4. The van der Waals surface area contributed by atoms with Crippen molar-refractivity contribution in [1.82, 2.24) is 14.9 Å². The number of fused-ring (bicyclic) bond motifs is 1. The van der Waals surface area contributed by atoms with Crippen LogP contribution in [-0.2, 0) is 20.9 Å². The highest BCUT2D eigenvalue weighted by Gasteiger charge is 2.38. The Bertz CT molecular complexity index is 817. The van der Waals surface area contributed by atoms with Gasteiger partial charge in [-0.25, -0.2) is 4.79 Å². The van der Waals surface area contributed by atoms with Crippen LogP contribution in [-0.4, -0.2) is 41.1 Å². The number of para-hydroxylation sites is 2. The summed E-state index contributed by atoms with van der Waals surface area (Å²) in [4.78, 5) is 38.7.